The van der Waals surface area contributed by atoms with Crippen LogP contribution >= 0.6 is 11.8 Å². The van der Waals surface area contributed by atoms with Gasteiger partial charge in [-0.2, -0.15) is 0 Å². The summed E-state index contributed by atoms with van der Waals surface area (Å²) in [6.07, 6.45) is 8.44. The van der Waals surface area contributed by atoms with Crippen molar-refractivity contribution in [2.24, 2.45) is 0 Å². The summed E-state index contributed by atoms with van der Waals surface area (Å²) in [5.74, 6) is -0.0375. The first-order valence-corrected chi connectivity index (χ1v) is 12.4. The molecule has 2 N–H and O–H groups in total. The summed E-state index contributed by atoms with van der Waals surface area (Å²) >= 11 is 1.61. The van der Waals surface area contributed by atoms with Gasteiger partial charge in [0.15, 0.2) is 0 Å². The molecular weight excluding hydrogens is 396 g/mol. The zero-order valence-electron chi connectivity index (χ0n) is 18.0. The highest BCUT2D eigenvalue weighted by atomic mass is 32.2. The molecule has 3 aliphatic heterocycles. The van der Waals surface area contributed by atoms with Crippen LogP contribution in [0.5, 0.6) is 0 Å². The molecular formula is C23H34N4O2S. The third-order valence-electron chi connectivity index (χ3n) is 6.53. The standard InChI is InChI=1S/C23H34N4O2S/c1-17-8-3-6-12-26(17)15-7-11-24-21(28)18-9-10-20-19(16-18)25-22(29)23(30-20)27-13-4-2-5-14-27/h9-10,16-17,23H,2-8,11-15H2,1H3,(H,24,28)(H,25,29)/t17-,23-/m1/s1. The molecule has 0 radical (unpaired) electrons. The van der Waals surface area contributed by atoms with Crippen molar-refractivity contribution < 1.29 is 9.59 Å². The van der Waals surface area contributed by atoms with Crippen LogP contribution in [0, 0.1) is 0 Å². The van der Waals surface area contributed by atoms with Crippen LogP contribution in [0.15, 0.2) is 23.1 Å². The van der Waals surface area contributed by atoms with Crippen LogP contribution in [0.2, 0.25) is 0 Å². The third kappa shape index (κ3) is 5.18. The van der Waals surface area contributed by atoms with Crippen molar-refractivity contribution >= 4 is 29.3 Å². The van der Waals surface area contributed by atoms with E-state index in [0.29, 0.717) is 18.2 Å². The van der Waals surface area contributed by atoms with Crippen molar-refractivity contribution in [1.29, 1.82) is 0 Å². The lowest BCUT2D eigenvalue weighted by Gasteiger charge is -2.35. The number of fused-ring (bicyclic) bond motifs is 1. The number of nitrogens with one attached hydrogen (secondary N) is 2. The highest BCUT2D eigenvalue weighted by molar-refractivity contribution is 8.00. The monoisotopic (exact) mass is 430 g/mol. The van der Waals surface area contributed by atoms with Crippen molar-refractivity contribution in [2.45, 2.75) is 68.2 Å². The average Bonchev–Trinajstić information content (AvgIpc) is 2.77. The zero-order valence-corrected chi connectivity index (χ0v) is 18.8. The first-order chi connectivity index (χ1) is 14.6. The number of benzene rings is 1. The van der Waals surface area contributed by atoms with Crippen LogP contribution in [0.25, 0.3) is 0 Å². The van der Waals surface area contributed by atoms with Gasteiger partial charge >= 0.3 is 0 Å². The van der Waals surface area contributed by atoms with Gasteiger partial charge in [0, 0.05) is 29.6 Å². The summed E-state index contributed by atoms with van der Waals surface area (Å²) in [6.45, 7) is 7.16. The van der Waals surface area contributed by atoms with E-state index in [2.05, 4.69) is 27.4 Å². The van der Waals surface area contributed by atoms with E-state index in [-0.39, 0.29) is 17.2 Å². The second kappa shape index (κ2) is 10.2. The number of hydrogen-bond donors (Lipinski definition) is 2. The lowest BCUT2D eigenvalue weighted by molar-refractivity contribution is -0.118. The third-order valence-corrected chi connectivity index (χ3v) is 7.88. The first kappa shape index (κ1) is 21.7. The zero-order chi connectivity index (χ0) is 20.9. The Morgan fingerprint density at radius 3 is 2.77 bits per heavy atom. The SMILES string of the molecule is C[C@@H]1CCCCN1CCCNC(=O)c1ccc2c(c1)NC(=O)[C@H](N1CCCCC1)S2. The summed E-state index contributed by atoms with van der Waals surface area (Å²) in [5, 5.41) is 5.91. The summed E-state index contributed by atoms with van der Waals surface area (Å²) in [6, 6.07) is 6.32. The second-order valence-corrected chi connectivity index (χ2v) is 9.88. The number of amides is 2. The molecule has 4 rings (SSSR count). The normalized spacial score (nSPS) is 25.4. The molecule has 0 unspecified atom stereocenters. The van der Waals surface area contributed by atoms with Crippen molar-refractivity contribution in [3.8, 4) is 0 Å². The molecule has 2 atom stereocenters. The summed E-state index contributed by atoms with van der Waals surface area (Å²) in [7, 11) is 0. The smallest absolute Gasteiger partial charge is 0.252 e. The fourth-order valence-corrected chi connectivity index (χ4v) is 5.86. The van der Waals surface area contributed by atoms with E-state index in [1.54, 1.807) is 11.8 Å². The molecule has 1 aromatic carbocycles. The van der Waals surface area contributed by atoms with Gasteiger partial charge in [0.25, 0.3) is 11.8 Å². The van der Waals surface area contributed by atoms with E-state index < -0.39 is 0 Å². The Labute approximate surface area is 184 Å². The number of anilines is 1. The van der Waals surface area contributed by atoms with Gasteiger partial charge < -0.3 is 15.5 Å². The Hall–Kier alpha value is -1.57. The summed E-state index contributed by atoms with van der Waals surface area (Å²) in [5.41, 5.74) is 1.37. The predicted octanol–water partition coefficient (Wildman–Crippen LogP) is 3.54. The minimum absolute atomic E-state index is 0.0302. The number of piperidine rings is 2. The molecule has 7 heteroatoms. The second-order valence-electron chi connectivity index (χ2n) is 8.76. The van der Waals surface area contributed by atoms with Gasteiger partial charge in [-0.1, -0.05) is 24.6 Å². The van der Waals surface area contributed by atoms with Gasteiger partial charge in [-0.15, -0.1) is 0 Å². The fraction of sp³-hybridized carbons (Fsp3) is 0.652. The van der Waals surface area contributed by atoms with Crippen LogP contribution in [-0.4, -0.2) is 65.8 Å². The van der Waals surface area contributed by atoms with Crippen LogP contribution in [-0.2, 0) is 4.79 Å². The van der Waals surface area contributed by atoms with Crippen LogP contribution < -0.4 is 10.6 Å². The van der Waals surface area contributed by atoms with E-state index in [1.807, 2.05) is 18.2 Å². The van der Waals surface area contributed by atoms with Crippen LogP contribution in [0.4, 0.5) is 5.69 Å². The molecule has 0 aliphatic carbocycles. The number of thioether (sulfide) groups is 1. The number of rotatable bonds is 6. The van der Waals surface area contributed by atoms with E-state index in [1.165, 1.54) is 32.2 Å². The number of carbonyl (C=O) groups is 2. The van der Waals surface area contributed by atoms with E-state index in [9.17, 15) is 9.59 Å². The maximum Gasteiger partial charge on any atom is 0.252 e. The topological polar surface area (TPSA) is 64.7 Å². The fourth-order valence-electron chi connectivity index (χ4n) is 4.71. The molecule has 0 spiro atoms. The molecule has 6 nitrogen and oxygen atoms in total. The maximum absolute atomic E-state index is 12.6. The van der Waals surface area contributed by atoms with Gasteiger partial charge in [0.05, 0.1) is 5.69 Å². The molecule has 2 saturated heterocycles. The molecule has 2 fully saturated rings. The summed E-state index contributed by atoms with van der Waals surface area (Å²) < 4.78 is 0. The van der Waals surface area contributed by atoms with Crippen LogP contribution in [0.1, 0.15) is 62.2 Å². The Bertz CT molecular complexity index is 766. The van der Waals surface area contributed by atoms with Crippen LogP contribution in [0.3, 0.4) is 0 Å². The van der Waals surface area contributed by atoms with Crippen molar-refractivity contribution in [2.75, 3.05) is 38.0 Å². The molecule has 1 aromatic rings. The number of hydrogen-bond acceptors (Lipinski definition) is 5. The molecule has 30 heavy (non-hydrogen) atoms. The number of nitrogens with zero attached hydrogens (tertiary/aromatic N) is 2. The van der Waals surface area contributed by atoms with Gasteiger partial charge in [-0.05, 0) is 76.9 Å². The van der Waals surface area contributed by atoms with Gasteiger partial charge in [0.2, 0.25) is 0 Å². The molecule has 0 aromatic heterocycles. The molecule has 0 bridgehead atoms. The molecule has 3 heterocycles. The Balaban J connectivity index is 1.29. The Kier molecular flexibility index (Phi) is 7.33. The average molecular weight is 431 g/mol. The van der Waals surface area contributed by atoms with Crippen molar-refractivity contribution in [3.63, 3.8) is 0 Å². The highest BCUT2D eigenvalue weighted by Gasteiger charge is 2.33. The lowest BCUT2D eigenvalue weighted by atomic mass is 10.0. The number of carbonyl (C=O) groups excluding carboxylic acids is 2. The van der Waals surface area contributed by atoms with Gasteiger partial charge in [0.1, 0.15) is 5.37 Å². The van der Waals surface area contributed by atoms with Gasteiger partial charge in [-0.3, -0.25) is 14.5 Å². The minimum atomic E-state index is -0.158. The minimum Gasteiger partial charge on any atom is -0.352 e. The maximum atomic E-state index is 12.6. The van der Waals surface area contributed by atoms with E-state index in [0.717, 1.165) is 49.5 Å². The molecule has 164 valence electrons. The lowest BCUT2D eigenvalue weighted by Crippen LogP contribution is -2.46. The molecule has 0 saturated carbocycles. The summed E-state index contributed by atoms with van der Waals surface area (Å²) in [4.78, 5) is 31.1. The Morgan fingerprint density at radius 1 is 1.17 bits per heavy atom. The first-order valence-electron chi connectivity index (χ1n) is 11.5. The number of likely N-dealkylation sites (tertiary alicyclic amines) is 2. The van der Waals surface area contributed by atoms with Crippen molar-refractivity contribution in [3.05, 3.63) is 23.8 Å². The van der Waals surface area contributed by atoms with Crippen molar-refractivity contribution in [1.82, 2.24) is 15.1 Å². The van der Waals surface area contributed by atoms with Gasteiger partial charge in [-0.25, -0.2) is 0 Å². The molecule has 2 amide bonds. The molecule has 3 aliphatic rings. The largest absolute Gasteiger partial charge is 0.352 e. The van der Waals surface area contributed by atoms with E-state index >= 15 is 0 Å². The predicted molar refractivity (Wildman–Crippen MR) is 122 cm³/mol. The quantitative estimate of drug-likeness (QED) is 0.676. The van der Waals surface area contributed by atoms with E-state index in [4.69, 9.17) is 0 Å². The Morgan fingerprint density at radius 2 is 1.97 bits per heavy atom. The highest BCUT2D eigenvalue weighted by Crippen LogP contribution is 2.38.